The molecule has 17 heteroatoms. The molecule has 2 rings (SSSR count). The Morgan fingerprint density at radius 2 is 1.02 bits per heavy atom. The van der Waals surface area contributed by atoms with Crippen LogP contribution in [0.5, 0.6) is 5.75 Å². The van der Waals surface area contributed by atoms with Gasteiger partial charge >= 0.3 is 5.97 Å². The Balaban J connectivity index is 1.75. The zero-order valence-corrected chi connectivity index (χ0v) is 36.5. The van der Waals surface area contributed by atoms with Crippen molar-refractivity contribution in [2.75, 3.05) is 52.4 Å². The highest BCUT2D eigenvalue weighted by Crippen LogP contribution is 2.18. The molecule has 0 aliphatic rings. The van der Waals surface area contributed by atoms with Gasteiger partial charge in [-0.3, -0.25) is 28.8 Å². The fraction of sp³-hybridized carbons (Fsp3) is 0.600. The summed E-state index contributed by atoms with van der Waals surface area (Å²) >= 11 is 0. The predicted octanol–water partition coefficient (Wildman–Crippen LogP) is 2.43. The lowest BCUT2D eigenvalue weighted by atomic mass is 10.1. The molecular weight excluding hydrogens is 795 g/mol. The van der Waals surface area contributed by atoms with Crippen molar-refractivity contribution in [3.8, 4) is 5.75 Å². The molecule has 2 aromatic rings. The molecule has 0 aromatic heterocycles. The number of carbonyl (C=O) groups is 6. The first-order valence-corrected chi connectivity index (χ1v) is 22.3. The van der Waals surface area contributed by atoms with E-state index in [2.05, 4.69) is 26.6 Å². The monoisotopic (exact) mass is 868 g/mol. The van der Waals surface area contributed by atoms with Gasteiger partial charge in [-0.15, -0.1) is 0 Å². The highest BCUT2D eigenvalue weighted by atomic mass is 16.5. The molecule has 5 amide bonds. The minimum absolute atomic E-state index is 0.0897. The van der Waals surface area contributed by atoms with Gasteiger partial charge in [0, 0.05) is 50.1 Å². The van der Waals surface area contributed by atoms with E-state index < -0.39 is 23.9 Å². The normalized spacial score (nSPS) is 11.8. The van der Waals surface area contributed by atoms with E-state index in [1.807, 2.05) is 30.3 Å². The zero-order valence-electron chi connectivity index (χ0n) is 36.5. The smallest absolute Gasteiger partial charge is 0.306 e. The van der Waals surface area contributed by atoms with E-state index in [1.165, 1.54) is 18.2 Å². The lowest BCUT2D eigenvalue weighted by Gasteiger charge is -2.14. The third kappa shape index (κ3) is 25.0. The number of benzene rings is 2. The van der Waals surface area contributed by atoms with Gasteiger partial charge in [0.05, 0.1) is 18.6 Å². The van der Waals surface area contributed by atoms with Crippen LogP contribution in [0.2, 0.25) is 0 Å². The van der Waals surface area contributed by atoms with E-state index in [0.29, 0.717) is 45.4 Å². The van der Waals surface area contributed by atoms with Gasteiger partial charge in [0.15, 0.2) is 0 Å². The summed E-state index contributed by atoms with van der Waals surface area (Å²) < 4.78 is 11.2. The second-order valence-corrected chi connectivity index (χ2v) is 15.3. The number of nitrogens with two attached hydrogens (primary N) is 4. The van der Waals surface area contributed by atoms with Gasteiger partial charge < -0.3 is 59.0 Å². The summed E-state index contributed by atoms with van der Waals surface area (Å²) in [5.74, 6) is -1.64. The number of hydrogen-bond donors (Lipinski definition) is 9. The van der Waals surface area contributed by atoms with Gasteiger partial charge in [0.25, 0.3) is 11.8 Å². The van der Waals surface area contributed by atoms with Crippen LogP contribution in [0.4, 0.5) is 0 Å². The van der Waals surface area contributed by atoms with Gasteiger partial charge in [0.2, 0.25) is 17.7 Å². The molecule has 17 nitrogen and oxygen atoms in total. The molecule has 0 saturated heterocycles. The van der Waals surface area contributed by atoms with Crippen molar-refractivity contribution in [3.63, 3.8) is 0 Å². The summed E-state index contributed by atoms with van der Waals surface area (Å²) in [6.45, 7) is 2.21. The molecular formula is C45H73N9O8. The lowest BCUT2D eigenvalue weighted by Crippen LogP contribution is -2.43. The Kier molecular flexibility index (Phi) is 28.7. The van der Waals surface area contributed by atoms with Crippen molar-refractivity contribution in [3.05, 3.63) is 65.2 Å². The summed E-state index contributed by atoms with van der Waals surface area (Å²) in [5.41, 5.74) is 24.2. The van der Waals surface area contributed by atoms with E-state index in [9.17, 15) is 28.8 Å². The number of ether oxygens (including phenoxy) is 2. The molecule has 346 valence electrons. The van der Waals surface area contributed by atoms with Gasteiger partial charge in [-0.05, 0) is 75.4 Å². The van der Waals surface area contributed by atoms with Crippen LogP contribution in [-0.2, 0) is 30.5 Å². The van der Waals surface area contributed by atoms with Crippen molar-refractivity contribution in [1.29, 1.82) is 0 Å². The van der Waals surface area contributed by atoms with Crippen molar-refractivity contribution < 1.29 is 38.2 Å². The molecule has 62 heavy (non-hydrogen) atoms. The molecule has 0 unspecified atom stereocenters. The minimum Gasteiger partial charge on any atom is -0.492 e. The van der Waals surface area contributed by atoms with Crippen molar-refractivity contribution in [2.45, 2.75) is 121 Å². The molecule has 0 fully saturated rings. The number of esters is 1. The summed E-state index contributed by atoms with van der Waals surface area (Å²) in [6, 6.07) is 12.7. The van der Waals surface area contributed by atoms with Crippen LogP contribution in [0.25, 0.3) is 0 Å². The Labute approximate surface area is 367 Å². The van der Waals surface area contributed by atoms with Crippen molar-refractivity contribution in [1.82, 2.24) is 26.6 Å². The molecule has 0 saturated carbocycles. The summed E-state index contributed by atoms with van der Waals surface area (Å²) in [4.78, 5) is 75.3. The first-order chi connectivity index (χ1) is 30.0. The molecule has 0 radical (unpaired) electrons. The highest BCUT2D eigenvalue weighted by molar-refractivity contribution is 6.00. The number of hydrogen-bond acceptors (Lipinski definition) is 12. The van der Waals surface area contributed by atoms with E-state index in [4.69, 9.17) is 32.4 Å². The number of carbonyl (C=O) groups excluding carboxylic acids is 6. The molecule has 0 aliphatic carbocycles. The van der Waals surface area contributed by atoms with Crippen LogP contribution in [-0.4, -0.2) is 100 Å². The Morgan fingerprint density at radius 3 is 1.53 bits per heavy atom. The van der Waals surface area contributed by atoms with E-state index in [0.717, 1.165) is 82.6 Å². The lowest BCUT2D eigenvalue weighted by molar-refractivity contribution is -0.145. The van der Waals surface area contributed by atoms with Crippen LogP contribution in [0.1, 0.15) is 129 Å². The van der Waals surface area contributed by atoms with E-state index in [1.54, 1.807) is 0 Å². The molecule has 2 atom stereocenters. The topological polar surface area (TPSA) is 285 Å². The minimum atomic E-state index is -0.669. The van der Waals surface area contributed by atoms with Crippen LogP contribution in [0.15, 0.2) is 48.5 Å². The average molecular weight is 868 g/mol. The maximum atomic E-state index is 13.2. The van der Waals surface area contributed by atoms with Crippen LogP contribution < -0.4 is 54.3 Å². The SMILES string of the molecule is NCCCC[C@H](N)C(=O)NCCNC(=O)c1cc(OCCNC(=O)CCCCCCCCCCC(=O)OCc2ccccc2)cc(C(=O)NCCNC(=O)[C@@H](N)CCCCN)c1. The summed E-state index contributed by atoms with van der Waals surface area (Å²) in [6.07, 6.45) is 12.6. The largest absolute Gasteiger partial charge is 0.492 e. The maximum Gasteiger partial charge on any atom is 0.306 e. The van der Waals surface area contributed by atoms with Gasteiger partial charge in [-0.25, -0.2) is 0 Å². The Morgan fingerprint density at radius 1 is 0.532 bits per heavy atom. The van der Waals surface area contributed by atoms with Gasteiger partial charge in [0.1, 0.15) is 19.0 Å². The Bertz CT molecular complexity index is 1550. The standard InChI is InChI=1S/C45H73N9O8/c46-22-14-12-18-38(48)44(59)53-26-24-51-42(57)35-30-36(43(58)52-25-27-54-45(60)39(49)19-13-15-23-47)32-37(31-35)61-29-28-50-40(55)20-10-5-3-1-2-4-6-11-21-41(56)62-33-34-16-8-7-9-17-34/h7-9,16-17,30-32,38-39H,1-6,10-15,18-29,33,46-49H2,(H,50,55)(H,51,57)(H,52,58)(H,53,59)(H,54,60)/t38-,39-/m0/s1. The molecule has 13 N–H and O–H groups in total. The number of rotatable bonds is 35. The second-order valence-electron chi connectivity index (χ2n) is 15.3. The second kappa shape index (κ2) is 33.5. The Hall–Kier alpha value is -5.10. The molecule has 2 aromatic carbocycles. The average Bonchev–Trinajstić information content (AvgIpc) is 3.27. The highest BCUT2D eigenvalue weighted by Gasteiger charge is 2.17. The fourth-order valence-electron chi connectivity index (χ4n) is 6.29. The third-order valence-electron chi connectivity index (χ3n) is 9.93. The van der Waals surface area contributed by atoms with E-state index in [-0.39, 0.29) is 79.9 Å². The van der Waals surface area contributed by atoms with Crippen LogP contribution in [0.3, 0.4) is 0 Å². The zero-order chi connectivity index (χ0) is 45.2. The fourth-order valence-corrected chi connectivity index (χ4v) is 6.29. The molecule has 0 heterocycles. The van der Waals surface area contributed by atoms with Crippen LogP contribution in [0, 0.1) is 0 Å². The van der Waals surface area contributed by atoms with Crippen molar-refractivity contribution >= 4 is 35.5 Å². The maximum absolute atomic E-state index is 13.2. The van der Waals surface area contributed by atoms with Crippen molar-refractivity contribution in [2.24, 2.45) is 22.9 Å². The third-order valence-corrected chi connectivity index (χ3v) is 9.93. The first-order valence-electron chi connectivity index (χ1n) is 22.3. The van der Waals surface area contributed by atoms with Crippen LogP contribution >= 0.6 is 0 Å². The molecule has 0 aliphatic heterocycles. The van der Waals surface area contributed by atoms with E-state index >= 15 is 0 Å². The van der Waals surface area contributed by atoms with Gasteiger partial charge in [-0.1, -0.05) is 81.7 Å². The summed E-state index contributed by atoms with van der Waals surface area (Å²) in [7, 11) is 0. The summed E-state index contributed by atoms with van der Waals surface area (Å²) in [5, 5.41) is 13.7. The first kappa shape index (κ1) is 53.0. The van der Waals surface area contributed by atoms with Gasteiger partial charge in [-0.2, -0.15) is 0 Å². The quantitative estimate of drug-likeness (QED) is 0.0357. The number of amides is 5. The number of unbranched alkanes of at least 4 members (excludes halogenated alkanes) is 9. The molecule has 0 spiro atoms. The number of nitrogens with one attached hydrogen (secondary N) is 5. The predicted molar refractivity (Wildman–Crippen MR) is 240 cm³/mol. The molecule has 0 bridgehead atoms.